The molecule has 132 valence electrons. The van der Waals surface area contributed by atoms with Crippen molar-refractivity contribution in [2.75, 3.05) is 6.61 Å². The molecule has 1 heterocycles. The Kier molecular flexibility index (Phi) is 5.95. The first-order chi connectivity index (χ1) is 11.3. The lowest BCUT2D eigenvalue weighted by molar-refractivity contribution is 0.0443. The topological polar surface area (TPSA) is 96.0 Å². The number of benzene rings is 1. The second kappa shape index (κ2) is 7.76. The molecular formula is C16H20O7S. The van der Waals surface area contributed by atoms with Gasteiger partial charge in [-0.3, -0.25) is 0 Å². The number of esters is 2. The highest BCUT2D eigenvalue weighted by Gasteiger charge is 2.30. The summed E-state index contributed by atoms with van der Waals surface area (Å²) in [5, 5.41) is 0. The van der Waals surface area contributed by atoms with Crippen LogP contribution in [0.15, 0.2) is 18.2 Å². The molecule has 0 bridgehead atoms. The van der Waals surface area contributed by atoms with Crippen LogP contribution in [0.3, 0.4) is 0 Å². The zero-order valence-electron chi connectivity index (χ0n) is 13.6. The average molecular weight is 356 g/mol. The predicted octanol–water partition coefficient (Wildman–Crippen LogP) is 2.85. The van der Waals surface area contributed by atoms with Crippen LogP contribution < -0.4 is 4.18 Å². The van der Waals surface area contributed by atoms with Crippen LogP contribution in [0.2, 0.25) is 0 Å². The molecule has 0 saturated heterocycles. The Morgan fingerprint density at radius 1 is 1.04 bits per heavy atom. The van der Waals surface area contributed by atoms with E-state index in [0.29, 0.717) is 12.3 Å². The minimum atomic E-state index is -4.22. The van der Waals surface area contributed by atoms with E-state index in [1.54, 1.807) is 0 Å². The van der Waals surface area contributed by atoms with E-state index in [1.165, 1.54) is 12.1 Å². The monoisotopic (exact) mass is 356 g/mol. The van der Waals surface area contributed by atoms with Crippen molar-refractivity contribution in [3.8, 4) is 5.75 Å². The second-order valence-electron chi connectivity index (χ2n) is 5.94. The molecular weight excluding hydrogens is 336 g/mol. The quantitative estimate of drug-likeness (QED) is 0.381. The highest BCUT2D eigenvalue weighted by atomic mass is 32.3. The summed E-state index contributed by atoms with van der Waals surface area (Å²) in [4.78, 5) is 22.8. The van der Waals surface area contributed by atoms with Crippen molar-refractivity contribution in [2.24, 2.45) is 5.92 Å². The summed E-state index contributed by atoms with van der Waals surface area (Å²) in [5.74, 6) is -1.08. The van der Waals surface area contributed by atoms with Gasteiger partial charge < -0.3 is 8.92 Å². The Bertz CT molecular complexity index is 722. The summed E-state index contributed by atoms with van der Waals surface area (Å²) >= 11 is 0. The Labute approximate surface area is 141 Å². The fourth-order valence-corrected chi connectivity index (χ4v) is 2.96. The summed E-state index contributed by atoms with van der Waals surface area (Å²) in [6.07, 6.45) is 3.59. The summed E-state index contributed by atoms with van der Waals surface area (Å²) in [6.45, 7) is 4.30. The van der Waals surface area contributed by atoms with Gasteiger partial charge in [-0.2, -0.15) is 8.42 Å². The number of carbonyl (C=O) groups is 2. The van der Waals surface area contributed by atoms with Crippen molar-refractivity contribution in [1.29, 1.82) is 0 Å². The van der Waals surface area contributed by atoms with Crippen LogP contribution in [0, 0.1) is 5.92 Å². The van der Waals surface area contributed by atoms with Gasteiger partial charge in [-0.15, -0.1) is 0 Å². The second-order valence-corrected chi connectivity index (χ2v) is 7.16. The number of fused-ring (bicyclic) bond motifs is 1. The maximum Gasteiger partial charge on any atom is 0.449 e. The third-order valence-corrected chi connectivity index (χ3v) is 4.32. The Balaban J connectivity index is 1.85. The fourth-order valence-electron chi connectivity index (χ4n) is 2.25. The van der Waals surface area contributed by atoms with E-state index in [4.69, 9.17) is 8.37 Å². The van der Waals surface area contributed by atoms with Crippen LogP contribution in [0.25, 0.3) is 0 Å². The van der Waals surface area contributed by atoms with Gasteiger partial charge in [0.1, 0.15) is 5.75 Å². The van der Waals surface area contributed by atoms with Crippen LogP contribution in [0.1, 0.15) is 60.2 Å². The highest BCUT2D eigenvalue weighted by Crippen LogP contribution is 2.25. The fraction of sp³-hybridized carbons (Fsp3) is 0.500. The van der Waals surface area contributed by atoms with Crippen LogP contribution in [-0.4, -0.2) is 27.0 Å². The number of hydrogen-bond acceptors (Lipinski definition) is 7. The molecule has 8 heteroatoms. The summed E-state index contributed by atoms with van der Waals surface area (Å²) < 4.78 is 37.5. The van der Waals surface area contributed by atoms with Crippen molar-refractivity contribution in [1.82, 2.24) is 0 Å². The SMILES string of the molecule is CC(C)CCCCCOS(=O)(=O)Oc1ccc2c(c1)C(=O)OC2=O. The van der Waals surface area contributed by atoms with Gasteiger partial charge >= 0.3 is 22.3 Å². The van der Waals surface area contributed by atoms with Crippen LogP contribution in [-0.2, 0) is 19.3 Å². The zero-order chi connectivity index (χ0) is 17.7. The Hall–Kier alpha value is -1.93. The lowest BCUT2D eigenvalue weighted by atomic mass is 10.1. The van der Waals surface area contributed by atoms with Gasteiger partial charge in [0, 0.05) is 0 Å². The minimum absolute atomic E-state index is 0.0265. The number of hydrogen-bond donors (Lipinski definition) is 0. The van der Waals surface area contributed by atoms with E-state index in [-0.39, 0.29) is 23.5 Å². The van der Waals surface area contributed by atoms with Crippen LogP contribution >= 0.6 is 0 Å². The highest BCUT2D eigenvalue weighted by molar-refractivity contribution is 7.82. The number of rotatable bonds is 9. The number of cyclic esters (lactones) is 2. The van der Waals surface area contributed by atoms with E-state index in [9.17, 15) is 18.0 Å². The zero-order valence-corrected chi connectivity index (χ0v) is 14.4. The van der Waals surface area contributed by atoms with E-state index >= 15 is 0 Å². The van der Waals surface area contributed by atoms with Gasteiger partial charge in [0.25, 0.3) is 0 Å². The van der Waals surface area contributed by atoms with Crippen LogP contribution in [0.5, 0.6) is 5.75 Å². The van der Waals surface area contributed by atoms with Gasteiger partial charge in [-0.05, 0) is 30.5 Å². The molecule has 0 saturated carbocycles. The molecule has 1 aromatic carbocycles. The van der Waals surface area contributed by atoms with Crippen molar-refractivity contribution in [2.45, 2.75) is 39.5 Å². The first-order valence-electron chi connectivity index (χ1n) is 7.78. The standard InChI is InChI=1S/C16H20O7S/c1-11(2)6-4-3-5-9-21-24(19,20)23-12-7-8-13-14(10-12)16(18)22-15(13)17/h7-8,10-11H,3-6,9H2,1-2H3. The van der Waals surface area contributed by atoms with Gasteiger partial charge in [-0.1, -0.05) is 33.1 Å². The minimum Gasteiger partial charge on any atom is -0.386 e. The molecule has 1 aliphatic rings. The van der Waals surface area contributed by atoms with Crippen molar-refractivity contribution < 1.29 is 31.1 Å². The summed E-state index contributed by atoms with van der Waals surface area (Å²) in [7, 11) is -4.22. The Morgan fingerprint density at radius 2 is 1.75 bits per heavy atom. The molecule has 0 unspecified atom stereocenters. The van der Waals surface area contributed by atoms with Gasteiger partial charge in [0.15, 0.2) is 0 Å². The van der Waals surface area contributed by atoms with Crippen molar-refractivity contribution in [3.63, 3.8) is 0 Å². The van der Waals surface area contributed by atoms with E-state index < -0.39 is 22.3 Å². The smallest absolute Gasteiger partial charge is 0.386 e. The molecule has 1 aromatic rings. The molecule has 0 fully saturated rings. The molecule has 7 nitrogen and oxygen atoms in total. The molecule has 24 heavy (non-hydrogen) atoms. The third-order valence-electron chi connectivity index (χ3n) is 3.47. The molecule has 0 N–H and O–H groups in total. The molecule has 2 rings (SSSR count). The van der Waals surface area contributed by atoms with E-state index in [1.807, 2.05) is 0 Å². The third kappa shape index (κ3) is 5.04. The number of ether oxygens (including phenoxy) is 1. The summed E-state index contributed by atoms with van der Waals surface area (Å²) in [6, 6.07) is 3.69. The van der Waals surface area contributed by atoms with Gasteiger partial charge in [0.05, 0.1) is 17.7 Å². The van der Waals surface area contributed by atoms with Crippen LogP contribution in [0.4, 0.5) is 0 Å². The maximum atomic E-state index is 11.8. The molecule has 0 atom stereocenters. The molecule has 0 aliphatic carbocycles. The molecule has 1 aliphatic heterocycles. The van der Waals surface area contributed by atoms with E-state index in [0.717, 1.165) is 25.3 Å². The van der Waals surface area contributed by atoms with Gasteiger partial charge in [-0.25, -0.2) is 13.8 Å². The molecule has 0 amide bonds. The lowest BCUT2D eigenvalue weighted by Gasteiger charge is -2.08. The lowest BCUT2D eigenvalue weighted by Crippen LogP contribution is -2.14. The van der Waals surface area contributed by atoms with Crippen molar-refractivity contribution in [3.05, 3.63) is 29.3 Å². The first kappa shape index (κ1) is 18.4. The normalized spacial score (nSPS) is 14.0. The molecule has 0 aromatic heterocycles. The average Bonchev–Trinajstić information content (AvgIpc) is 2.76. The predicted molar refractivity (Wildman–Crippen MR) is 85.0 cm³/mol. The molecule has 0 spiro atoms. The number of carbonyl (C=O) groups excluding carboxylic acids is 2. The first-order valence-corrected chi connectivity index (χ1v) is 9.11. The molecule has 0 radical (unpaired) electrons. The van der Waals surface area contributed by atoms with E-state index in [2.05, 4.69) is 18.6 Å². The summed E-state index contributed by atoms with van der Waals surface area (Å²) in [5.41, 5.74) is 0.0530. The maximum absolute atomic E-state index is 11.8. The Morgan fingerprint density at radius 3 is 2.46 bits per heavy atom. The number of unbranched alkanes of at least 4 members (excludes halogenated alkanes) is 2. The largest absolute Gasteiger partial charge is 0.449 e. The van der Waals surface area contributed by atoms with Crippen molar-refractivity contribution >= 4 is 22.3 Å². The van der Waals surface area contributed by atoms with Gasteiger partial charge in [0.2, 0.25) is 0 Å².